The topological polar surface area (TPSA) is 72.6 Å². The average molecular weight is 316 g/mol. The number of carbonyl (C=O) groups excluding carboxylic acids is 2. The lowest BCUT2D eigenvalue weighted by Gasteiger charge is -2.35. The zero-order valence-corrected chi connectivity index (χ0v) is 13.2. The van der Waals surface area contributed by atoms with E-state index in [-0.39, 0.29) is 18.6 Å². The van der Waals surface area contributed by atoms with Gasteiger partial charge in [0.05, 0.1) is 5.56 Å². The van der Waals surface area contributed by atoms with Crippen molar-refractivity contribution in [2.45, 2.75) is 38.6 Å². The van der Waals surface area contributed by atoms with Crippen LogP contribution in [0.25, 0.3) is 11.1 Å². The largest absolute Gasteiger partial charge is 0.452 e. The van der Waals surface area contributed by atoms with Crippen LogP contribution in [-0.2, 0) is 9.53 Å². The number of piperidine rings is 1. The van der Waals surface area contributed by atoms with E-state index in [0.717, 1.165) is 32.2 Å². The highest BCUT2D eigenvalue weighted by atomic mass is 16.5. The van der Waals surface area contributed by atoms with E-state index in [1.807, 2.05) is 4.90 Å². The highest BCUT2D eigenvalue weighted by molar-refractivity contribution is 5.94. The maximum atomic E-state index is 12.3. The Bertz CT molecular complexity index is 709. The van der Waals surface area contributed by atoms with Crippen molar-refractivity contribution in [3.05, 3.63) is 30.2 Å². The van der Waals surface area contributed by atoms with Gasteiger partial charge in [-0.15, -0.1) is 0 Å². The number of hydrogen-bond acceptors (Lipinski definition) is 5. The zero-order chi connectivity index (χ0) is 16.2. The summed E-state index contributed by atoms with van der Waals surface area (Å²) in [4.78, 5) is 30.2. The molecule has 1 atom stereocenters. The molecule has 6 heteroatoms. The Morgan fingerprint density at radius 2 is 2.26 bits per heavy atom. The summed E-state index contributed by atoms with van der Waals surface area (Å²) in [6, 6.07) is 5.15. The number of fused-ring (bicyclic) bond motifs is 1. The van der Waals surface area contributed by atoms with E-state index in [9.17, 15) is 9.59 Å². The van der Waals surface area contributed by atoms with E-state index < -0.39 is 5.97 Å². The molecule has 1 aromatic carbocycles. The lowest BCUT2D eigenvalue weighted by molar-refractivity contribution is -0.138. The van der Waals surface area contributed by atoms with Crippen LogP contribution in [0.4, 0.5) is 0 Å². The molecule has 1 aliphatic heterocycles. The molecule has 0 saturated carbocycles. The third-order valence-electron chi connectivity index (χ3n) is 4.31. The van der Waals surface area contributed by atoms with Gasteiger partial charge in [-0.05, 0) is 43.9 Å². The van der Waals surface area contributed by atoms with Crippen LogP contribution in [0.15, 0.2) is 29.0 Å². The fourth-order valence-corrected chi connectivity index (χ4v) is 3.03. The second kappa shape index (κ2) is 6.81. The Morgan fingerprint density at radius 3 is 3.09 bits per heavy atom. The van der Waals surface area contributed by atoms with E-state index in [0.29, 0.717) is 16.7 Å². The fraction of sp³-hybridized carbons (Fsp3) is 0.471. The molecule has 1 aliphatic rings. The van der Waals surface area contributed by atoms with Crippen molar-refractivity contribution in [3.63, 3.8) is 0 Å². The molecule has 0 N–H and O–H groups in total. The van der Waals surface area contributed by atoms with Gasteiger partial charge in [0, 0.05) is 12.6 Å². The number of nitrogens with zero attached hydrogens (tertiary/aromatic N) is 2. The summed E-state index contributed by atoms with van der Waals surface area (Å²) in [5.41, 5.74) is 1.55. The van der Waals surface area contributed by atoms with E-state index in [2.05, 4.69) is 11.9 Å². The van der Waals surface area contributed by atoms with Crippen molar-refractivity contribution in [3.8, 4) is 0 Å². The van der Waals surface area contributed by atoms with Gasteiger partial charge in [-0.3, -0.25) is 4.79 Å². The highest BCUT2D eigenvalue weighted by Gasteiger charge is 2.26. The minimum Gasteiger partial charge on any atom is -0.452 e. The molecule has 1 saturated heterocycles. The molecule has 1 aromatic heterocycles. The third-order valence-corrected chi connectivity index (χ3v) is 4.31. The Morgan fingerprint density at radius 1 is 1.39 bits per heavy atom. The van der Waals surface area contributed by atoms with Gasteiger partial charge in [0.1, 0.15) is 5.52 Å². The van der Waals surface area contributed by atoms with Crippen molar-refractivity contribution < 1.29 is 18.7 Å². The first kappa shape index (κ1) is 15.5. The maximum absolute atomic E-state index is 12.3. The highest BCUT2D eigenvalue weighted by Crippen LogP contribution is 2.20. The Balaban J connectivity index is 1.60. The number of oxazole rings is 1. The second-order valence-electron chi connectivity index (χ2n) is 5.76. The molecule has 2 aromatic rings. The molecule has 0 radical (unpaired) electrons. The number of carbonyl (C=O) groups is 2. The summed E-state index contributed by atoms with van der Waals surface area (Å²) in [5.74, 6) is -0.646. The monoisotopic (exact) mass is 316 g/mol. The molecule has 1 fully saturated rings. The molecule has 6 nitrogen and oxygen atoms in total. The minimum atomic E-state index is -0.526. The van der Waals surface area contributed by atoms with Crippen LogP contribution in [0.1, 0.15) is 43.0 Å². The molecule has 3 rings (SSSR count). The summed E-state index contributed by atoms with van der Waals surface area (Å²) < 4.78 is 10.3. The van der Waals surface area contributed by atoms with Crippen molar-refractivity contribution in [2.75, 3.05) is 13.2 Å². The van der Waals surface area contributed by atoms with Gasteiger partial charge in [-0.1, -0.05) is 6.92 Å². The van der Waals surface area contributed by atoms with E-state index in [4.69, 9.17) is 9.15 Å². The summed E-state index contributed by atoms with van der Waals surface area (Å²) >= 11 is 0. The van der Waals surface area contributed by atoms with Crippen LogP contribution in [0, 0.1) is 0 Å². The summed E-state index contributed by atoms with van der Waals surface area (Å²) in [5, 5.41) is 0. The molecule has 0 bridgehead atoms. The van der Waals surface area contributed by atoms with E-state index >= 15 is 0 Å². The molecule has 2 heterocycles. The van der Waals surface area contributed by atoms with Gasteiger partial charge in [0.2, 0.25) is 0 Å². The molecular weight excluding hydrogens is 296 g/mol. The Kier molecular flexibility index (Phi) is 4.60. The summed E-state index contributed by atoms with van der Waals surface area (Å²) in [7, 11) is 0. The first-order valence-electron chi connectivity index (χ1n) is 7.99. The van der Waals surface area contributed by atoms with Crippen molar-refractivity contribution in [1.82, 2.24) is 9.88 Å². The lowest BCUT2D eigenvalue weighted by Crippen LogP contribution is -2.45. The number of aromatic nitrogens is 1. The third kappa shape index (κ3) is 3.36. The predicted molar refractivity (Wildman–Crippen MR) is 83.9 cm³/mol. The van der Waals surface area contributed by atoms with Gasteiger partial charge in [0.15, 0.2) is 18.6 Å². The fourth-order valence-electron chi connectivity index (χ4n) is 3.03. The van der Waals surface area contributed by atoms with Crippen molar-refractivity contribution >= 4 is 23.0 Å². The molecule has 122 valence electrons. The van der Waals surface area contributed by atoms with Gasteiger partial charge in [0.25, 0.3) is 5.91 Å². The van der Waals surface area contributed by atoms with Crippen molar-refractivity contribution in [2.24, 2.45) is 0 Å². The lowest BCUT2D eigenvalue weighted by atomic mass is 10.00. The van der Waals surface area contributed by atoms with Gasteiger partial charge in [-0.2, -0.15) is 0 Å². The number of esters is 1. The first-order valence-corrected chi connectivity index (χ1v) is 7.99. The number of ether oxygens (including phenoxy) is 1. The average Bonchev–Trinajstić information content (AvgIpc) is 3.06. The quantitative estimate of drug-likeness (QED) is 0.811. The second-order valence-corrected chi connectivity index (χ2v) is 5.76. The van der Waals surface area contributed by atoms with Crippen LogP contribution >= 0.6 is 0 Å². The van der Waals surface area contributed by atoms with Crippen LogP contribution in [0.5, 0.6) is 0 Å². The summed E-state index contributed by atoms with van der Waals surface area (Å²) in [6.45, 7) is 2.61. The number of hydrogen-bond donors (Lipinski definition) is 0. The summed E-state index contributed by atoms with van der Waals surface area (Å²) in [6.07, 6.45) is 5.45. The van der Waals surface area contributed by atoms with Gasteiger partial charge >= 0.3 is 5.97 Å². The van der Waals surface area contributed by atoms with Crippen LogP contribution < -0.4 is 0 Å². The molecule has 1 amide bonds. The Hall–Kier alpha value is -2.37. The smallest absolute Gasteiger partial charge is 0.338 e. The van der Waals surface area contributed by atoms with E-state index in [1.165, 1.54) is 6.39 Å². The van der Waals surface area contributed by atoms with E-state index in [1.54, 1.807) is 18.2 Å². The predicted octanol–water partition coefficient (Wildman–Crippen LogP) is 2.78. The van der Waals surface area contributed by atoms with Crippen LogP contribution in [0.3, 0.4) is 0 Å². The molecule has 1 unspecified atom stereocenters. The Labute approximate surface area is 134 Å². The minimum absolute atomic E-state index is 0.120. The van der Waals surface area contributed by atoms with Crippen LogP contribution in [-0.4, -0.2) is 41.0 Å². The first-order chi connectivity index (χ1) is 11.2. The van der Waals surface area contributed by atoms with Gasteiger partial charge in [-0.25, -0.2) is 9.78 Å². The molecular formula is C17H20N2O4. The molecule has 23 heavy (non-hydrogen) atoms. The molecule has 0 aliphatic carbocycles. The zero-order valence-electron chi connectivity index (χ0n) is 13.2. The number of amides is 1. The SMILES string of the molecule is CCC1CCCCN1C(=O)COC(=O)c1ccc2ncoc2c1. The van der Waals surface area contributed by atoms with Crippen molar-refractivity contribution in [1.29, 1.82) is 0 Å². The number of likely N-dealkylation sites (tertiary alicyclic amines) is 1. The number of rotatable bonds is 4. The van der Waals surface area contributed by atoms with Crippen LogP contribution in [0.2, 0.25) is 0 Å². The normalized spacial score (nSPS) is 18.1. The molecule has 0 spiro atoms. The standard InChI is InChI=1S/C17H20N2O4/c1-2-13-5-3-4-8-19(13)16(20)10-22-17(21)12-6-7-14-15(9-12)23-11-18-14/h6-7,9,11,13H,2-5,8,10H2,1H3. The number of benzene rings is 1. The maximum Gasteiger partial charge on any atom is 0.338 e. The van der Waals surface area contributed by atoms with Gasteiger partial charge < -0.3 is 14.1 Å².